The van der Waals surface area contributed by atoms with Crippen LogP contribution in [0.5, 0.6) is 0 Å². The Bertz CT molecular complexity index is 1040. The summed E-state index contributed by atoms with van der Waals surface area (Å²) in [6, 6.07) is 5.91. The predicted octanol–water partition coefficient (Wildman–Crippen LogP) is 1.30. The SMILES string of the molecule is Cc1cc(C(=O)NNC(=O)c2cc(S(=O)(=O)N3CCOCC3)ccc2C)c(C)o1. The Morgan fingerprint density at radius 3 is 2.17 bits per heavy atom. The molecular formula is C19H23N3O6S. The average Bonchev–Trinajstić information content (AvgIpc) is 3.04. The fourth-order valence-corrected chi connectivity index (χ4v) is 4.48. The molecule has 2 aromatic rings. The molecule has 1 fully saturated rings. The number of aryl methyl sites for hydroxylation is 3. The number of hydrazine groups is 1. The molecule has 0 unspecified atom stereocenters. The second-order valence-electron chi connectivity index (χ2n) is 6.73. The number of sulfonamides is 1. The van der Waals surface area contributed by atoms with Crippen molar-refractivity contribution in [1.29, 1.82) is 0 Å². The lowest BCUT2D eigenvalue weighted by Crippen LogP contribution is -2.42. The standard InChI is InChI=1S/C19H23N3O6S/c1-12-4-5-15(29(25,26)22-6-8-27-9-7-22)11-16(12)18(23)20-21-19(24)17-10-13(2)28-14(17)3/h4-5,10-11H,6-9H2,1-3H3,(H,20,23)(H,21,24). The molecule has 0 aliphatic carbocycles. The summed E-state index contributed by atoms with van der Waals surface area (Å²) in [5.41, 5.74) is 5.69. The summed E-state index contributed by atoms with van der Waals surface area (Å²) in [6.07, 6.45) is 0. The summed E-state index contributed by atoms with van der Waals surface area (Å²) in [4.78, 5) is 24.8. The maximum atomic E-state index is 12.8. The van der Waals surface area contributed by atoms with Gasteiger partial charge in [-0.3, -0.25) is 20.4 Å². The largest absolute Gasteiger partial charge is 0.466 e. The highest BCUT2D eigenvalue weighted by atomic mass is 32.2. The predicted molar refractivity (Wildman–Crippen MR) is 104 cm³/mol. The lowest BCUT2D eigenvalue weighted by molar-refractivity contribution is 0.0730. The Labute approximate surface area is 169 Å². The third kappa shape index (κ3) is 4.50. The fourth-order valence-electron chi connectivity index (χ4n) is 3.05. The van der Waals surface area contributed by atoms with Gasteiger partial charge in [0, 0.05) is 18.7 Å². The number of nitrogens with zero attached hydrogens (tertiary/aromatic N) is 1. The van der Waals surface area contributed by atoms with Crippen LogP contribution in [0.3, 0.4) is 0 Å². The molecule has 2 N–H and O–H groups in total. The molecule has 0 radical (unpaired) electrons. The summed E-state index contributed by atoms with van der Waals surface area (Å²) < 4.78 is 37.5. The van der Waals surface area contributed by atoms with E-state index in [-0.39, 0.29) is 23.5 Å². The first kappa shape index (κ1) is 21.0. The normalized spacial score (nSPS) is 15.1. The van der Waals surface area contributed by atoms with Crippen LogP contribution in [0.1, 0.15) is 37.8 Å². The van der Waals surface area contributed by atoms with E-state index in [2.05, 4.69) is 10.9 Å². The smallest absolute Gasteiger partial charge is 0.273 e. The number of rotatable bonds is 4. The van der Waals surface area contributed by atoms with Crippen molar-refractivity contribution < 1.29 is 27.2 Å². The molecule has 1 aliphatic rings. The van der Waals surface area contributed by atoms with Crippen molar-refractivity contribution in [2.45, 2.75) is 25.7 Å². The van der Waals surface area contributed by atoms with E-state index >= 15 is 0 Å². The minimum atomic E-state index is -3.74. The van der Waals surface area contributed by atoms with Crippen molar-refractivity contribution >= 4 is 21.8 Å². The van der Waals surface area contributed by atoms with Crippen molar-refractivity contribution in [2.24, 2.45) is 0 Å². The van der Waals surface area contributed by atoms with E-state index in [0.717, 1.165) is 0 Å². The van der Waals surface area contributed by atoms with Crippen molar-refractivity contribution in [1.82, 2.24) is 15.2 Å². The zero-order valence-electron chi connectivity index (χ0n) is 16.4. The number of nitrogens with one attached hydrogen (secondary N) is 2. The number of morpholine rings is 1. The highest BCUT2D eigenvalue weighted by Gasteiger charge is 2.27. The van der Waals surface area contributed by atoms with E-state index in [1.807, 2.05) is 0 Å². The summed E-state index contributed by atoms with van der Waals surface area (Å²) in [7, 11) is -3.74. The zero-order chi connectivity index (χ0) is 21.2. The lowest BCUT2D eigenvalue weighted by Gasteiger charge is -2.26. The summed E-state index contributed by atoms with van der Waals surface area (Å²) in [5, 5.41) is 0. The van der Waals surface area contributed by atoms with E-state index in [4.69, 9.17) is 9.15 Å². The molecule has 0 atom stereocenters. The molecule has 0 bridgehead atoms. The summed E-state index contributed by atoms with van der Waals surface area (Å²) in [5.74, 6) is -0.130. The first-order valence-corrected chi connectivity index (χ1v) is 10.5. The van der Waals surface area contributed by atoms with Crippen LogP contribution in [-0.4, -0.2) is 50.8 Å². The molecule has 0 spiro atoms. The van der Waals surface area contributed by atoms with Gasteiger partial charge in [-0.15, -0.1) is 0 Å². The van der Waals surface area contributed by atoms with Crippen LogP contribution in [0, 0.1) is 20.8 Å². The lowest BCUT2D eigenvalue weighted by atomic mass is 10.1. The third-order valence-corrected chi connectivity index (χ3v) is 6.53. The van der Waals surface area contributed by atoms with Gasteiger partial charge in [-0.05, 0) is 44.5 Å². The molecule has 156 valence electrons. The van der Waals surface area contributed by atoms with Gasteiger partial charge in [0.15, 0.2) is 0 Å². The van der Waals surface area contributed by atoms with Crippen LogP contribution in [0.15, 0.2) is 33.6 Å². The van der Waals surface area contributed by atoms with Gasteiger partial charge in [0.25, 0.3) is 11.8 Å². The summed E-state index contributed by atoms with van der Waals surface area (Å²) in [6.45, 7) is 6.23. The van der Waals surface area contributed by atoms with E-state index < -0.39 is 21.8 Å². The van der Waals surface area contributed by atoms with Gasteiger partial charge in [0.2, 0.25) is 10.0 Å². The van der Waals surface area contributed by atoms with Crippen LogP contribution in [0.4, 0.5) is 0 Å². The van der Waals surface area contributed by atoms with Crippen LogP contribution in [-0.2, 0) is 14.8 Å². The number of carbonyl (C=O) groups excluding carboxylic acids is 2. The topological polar surface area (TPSA) is 118 Å². The van der Waals surface area contributed by atoms with E-state index in [1.165, 1.54) is 16.4 Å². The van der Waals surface area contributed by atoms with Gasteiger partial charge in [-0.25, -0.2) is 8.42 Å². The highest BCUT2D eigenvalue weighted by Crippen LogP contribution is 2.20. The average molecular weight is 421 g/mol. The quantitative estimate of drug-likeness (QED) is 0.719. The van der Waals surface area contributed by atoms with Crippen LogP contribution in [0.25, 0.3) is 0 Å². The molecule has 1 aromatic carbocycles. The Balaban J connectivity index is 1.76. The highest BCUT2D eigenvalue weighted by molar-refractivity contribution is 7.89. The first-order chi connectivity index (χ1) is 13.7. The minimum absolute atomic E-state index is 0.0165. The van der Waals surface area contributed by atoms with E-state index in [9.17, 15) is 18.0 Å². The maximum absolute atomic E-state index is 12.8. The first-order valence-electron chi connectivity index (χ1n) is 9.06. The number of carbonyl (C=O) groups is 2. The van der Waals surface area contributed by atoms with Gasteiger partial charge in [0.1, 0.15) is 11.5 Å². The minimum Gasteiger partial charge on any atom is -0.466 e. The number of furan rings is 1. The maximum Gasteiger partial charge on any atom is 0.273 e. The fraction of sp³-hybridized carbons (Fsp3) is 0.368. The Morgan fingerprint density at radius 1 is 0.966 bits per heavy atom. The monoisotopic (exact) mass is 421 g/mol. The molecule has 2 heterocycles. The van der Waals surface area contributed by atoms with Gasteiger partial charge < -0.3 is 9.15 Å². The van der Waals surface area contributed by atoms with Gasteiger partial charge >= 0.3 is 0 Å². The Morgan fingerprint density at radius 2 is 1.59 bits per heavy atom. The number of amides is 2. The van der Waals surface area contributed by atoms with Crippen molar-refractivity contribution in [3.05, 3.63) is 52.5 Å². The second-order valence-corrected chi connectivity index (χ2v) is 8.67. The third-order valence-electron chi connectivity index (χ3n) is 4.64. The van der Waals surface area contributed by atoms with Crippen LogP contribution < -0.4 is 10.9 Å². The second kappa shape index (κ2) is 8.36. The molecule has 3 rings (SSSR count). The Kier molecular flexibility index (Phi) is 6.06. The molecule has 1 aliphatic heterocycles. The number of ether oxygens (including phenoxy) is 1. The summed E-state index contributed by atoms with van der Waals surface area (Å²) >= 11 is 0. The molecule has 2 amide bonds. The van der Waals surface area contributed by atoms with E-state index in [1.54, 1.807) is 32.9 Å². The molecule has 0 saturated carbocycles. The van der Waals surface area contributed by atoms with Gasteiger partial charge in [-0.2, -0.15) is 4.31 Å². The van der Waals surface area contributed by atoms with Crippen molar-refractivity contribution in [3.63, 3.8) is 0 Å². The number of hydrogen-bond acceptors (Lipinski definition) is 6. The van der Waals surface area contributed by atoms with Gasteiger partial charge in [-0.1, -0.05) is 6.07 Å². The molecule has 1 saturated heterocycles. The number of hydrogen-bond donors (Lipinski definition) is 2. The molecule has 29 heavy (non-hydrogen) atoms. The Hall–Kier alpha value is -2.69. The van der Waals surface area contributed by atoms with E-state index in [0.29, 0.717) is 35.9 Å². The molecular weight excluding hydrogens is 398 g/mol. The van der Waals surface area contributed by atoms with Crippen molar-refractivity contribution in [2.75, 3.05) is 26.3 Å². The molecule has 9 nitrogen and oxygen atoms in total. The zero-order valence-corrected chi connectivity index (χ0v) is 17.3. The van der Waals surface area contributed by atoms with Crippen LogP contribution in [0.2, 0.25) is 0 Å². The van der Waals surface area contributed by atoms with Gasteiger partial charge in [0.05, 0.1) is 23.7 Å². The van der Waals surface area contributed by atoms with Crippen LogP contribution >= 0.6 is 0 Å². The number of benzene rings is 1. The van der Waals surface area contributed by atoms with Crippen molar-refractivity contribution in [3.8, 4) is 0 Å². The molecule has 10 heteroatoms. The molecule has 1 aromatic heterocycles.